The van der Waals surface area contributed by atoms with Gasteiger partial charge in [0.25, 0.3) is 0 Å². The SMILES string of the molecule is ON=C1CCCc2nc(-c3cc[c]cc3)c(-c3ccccc3)cc21. The largest absolute Gasteiger partial charge is 0.411 e. The van der Waals surface area contributed by atoms with Crippen LogP contribution < -0.4 is 0 Å². The summed E-state index contributed by atoms with van der Waals surface area (Å²) < 4.78 is 0. The molecule has 117 valence electrons. The first-order valence-corrected chi connectivity index (χ1v) is 8.14. The predicted octanol–water partition coefficient (Wildman–Crippen LogP) is 4.73. The van der Waals surface area contributed by atoms with Crippen LogP contribution in [0.1, 0.15) is 24.1 Å². The summed E-state index contributed by atoms with van der Waals surface area (Å²) in [5, 5.41) is 12.8. The zero-order chi connectivity index (χ0) is 16.4. The van der Waals surface area contributed by atoms with E-state index in [2.05, 4.69) is 29.4 Å². The molecule has 1 N–H and O–H groups in total. The summed E-state index contributed by atoms with van der Waals surface area (Å²) in [6, 6.07) is 23.3. The number of fused-ring (bicyclic) bond motifs is 1. The van der Waals surface area contributed by atoms with Crippen LogP contribution in [0.5, 0.6) is 0 Å². The van der Waals surface area contributed by atoms with Crippen LogP contribution >= 0.6 is 0 Å². The molecule has 1 heterocycles. The van der Waals surface area contributed by atoms with Gasteiger partial charge in [0.15, 0.2) is 0 Å². The number of rotatable bonds is 2. The maximum absolute atomic E-state index is 9.34. The van der Waals surface area contributed by atoms with E-state index in [1.54, 1.807) is 0 Å². The molecule has 0 unspecified atom stereocenters. The molecule has 1 radical (unpaired) electrons. The van der Waals surface area contributed by atoms with Gasteiger partial charge in [-0.3, -0.25) is 4.98 Å². The third-order valence-corrected chi connectivity index (χ3v) is 4.44. The van der Waals surface area contributed by atoms with Crippen molar-refractivity contribution in [2.24, 2.45) is 5.16 Å². The van der Waals surface area contributed by atoms with Gasteiger partial charge in [-0.25, -0.2) is 0 Å². The molecule has 2 aromatic carbocycles. The lowest BCUT2D eigenvalue weighted by Gasteiger charge is -2.20. The molecule has 0 spiro atoms. The zero-order valence-corrected chi connectivity index (χ0v) is 13.2. The fourth-order valence-corrected chi connectivity index (χ4v) is 3.26. The molecular formula is C21H17N2O. The Morgan fingerprint density at radius 1 is 0.917 bits per heavy atom. The van der Waals surface area contributed by atoms with Crippen molar-refractivity contribution in [3.05, 3.63) is 78.0 Å². The molecule has 3 aromatic rings. The summed E-state index contributed by atoms with van der Waals surface area (Å²) in [4.78, 5) is 4.95. The van der Waals surface area contributed by atoms with Crippen LogP contribution in [0.3, 0.4) is 0 Å². The van der Waals surface area contributed by atoms with Gasteiger partial charge in [-0.05, 0) is 37.0 Å². The molecule has 0 amide bonds. The summed E-state index contributed by atoms with van der Waals surface area (Å²) in [6.45, 7) is 0. The van der Waals surface area contributed by atoms with Crippen molar-refractivity contribution in [2.75, 3.05) is 0 Å². The highest BCUT2D eigenvalue weighted by Gasteiger charge is 2.21. The van der Waals surface area contributed by atoms with Gasteiger partial charge in [-0.2, -0.15) is 0 Å². The maximum Gasteiger partial charge on any atom is 0.0886 e. The minimum absolute atomic E-state index is 0.730. The molecule has 1 aliphatic rings. The molecule has 24 heavy (non-hydrogen) atoms. The summed E-state index contributed by atoms with van der Waals surface area (Å²) in [7, 11) is 0. The van der Waals surface area contributed by atoms with Crippen molar-refractivity contribution in [3.63, 3.8) is 0 Å². The number of oxime groups is 1. The molecule has 0 saturated carbocycles. The lowest BCUT2D eigenvalue weighted by atomic mass is 9.89. The molecule has 0 atom stereocenters. The average molecular weight is 313 g/mol. The summed E-state index contributed by atoms with van der Waals surface area (Å²) in [5.41, 5.74) is 6.91. The number of pyridine rings is 1. The Labute approximate surface area is 141 Å². The molecule has 0 saturated heterocycles. The first-order chi connectivity index (χ1) is 11.9. The Morgan fingerprint density at radius 2 is 1.71 bits per heavy atom. The number of aryl methyl sites for hydroxylation is 1. The average Bonchev–Trinajstić information content (AvgIpc) is 2.68. The second kappa shape index (κ2) is 6.28. The third kappa shape index (κ3) is 2.58. The molecule has 4 rings (SSSR count). The first-order valence-electron chi connectivity index (χ1n) is 8.14. The molecule has 1 aliphatic carbocycles. The van der Waals surface area contributed by atoms with Gasteiger partial charge in [0.05, 0.1) is 17.1 Å². The summed E-state index contributed by atoms with van der Waals surface area (Å²) in [6.07, 6.45) is 2.67. The molecule has 3 nitrogen and oxygen atoms in total. The van der Waals surface area contributed by atoms with E-state index >= 15 is 0 Å². The molecule has 0 fully saturated rings. The van der Waals surface area contributed by atoms with Gasteiger partial charge in [-0.15, -0.1) is 0 Å². The van der Waals surface area contributed by atoms with Crippen molar-refractivity contribution >= 4 is 5.71 Å². The van der Waals surface area contributed by atoms with Crippen molar-refractivity contribution in [3.8, 4) is 22.4 Å². The van der Waals surface area contributed by atoms with Crippen LogP contribution in [0.25, 0.3) is 22.4 Å². The monoisotopic (exact) mass is 313 g/mol. The second-order valence-corrected chi connectivity index (χ2v) is 5.93. The highest BCUT2D eigenvalue weighted by Crippen LogP contribution is 2.34. The van der Waals surface area contributed by atoms with Crippen molar-refractivity contribution in [1.29, 1.82) is 0 Å². The second-order valence-electron chi connectivity index (χ2n) is 5.93. The molecule has 0 bridgehead atoms. The standard InChI is InChI=1S/C21H17N2O/c24-23-20-13-7-12-19-18(20)14-17(15-8-3-1-4-9-15)21(22-19)16-10-5-2-6-11-16/h1,3-6,8-11,14,24H,7,12-13H2. The summed E-state index contributed by atoms with van der Waals surface area (Å²) in [5.74, 6) is 0. The van der Waals surface area contributed by atoms with E-state index < -0.39 is 0 Å². The van der Waals surface area contributed by atoms with Gasteiger partial charge in [0.2, 0.25) is 0 Å². The van der Waals surface area contributed by atoms with E-state index in [1.165, 1.54) is 0 Å². The van der Waals surface area contributed by atoms with Crippen LogP contribution in [-0.4, -0.2) is 15.9 Å². The van der Waals surface area contributed by atoms with Gasteiger partial charge in [0, 0.05) is 16.7 Å². The van der Waals surface area contributed by atoms with Crippen LogP contribution in [0.4, 0.5) is 0 Å². The van der Waals surface area contributed by atoms with Gasteiger partial charge in [-0.1, -0.05) is 59.8 Å². The van der Waals surface area contributed by atoms with E-state index in [1.807, 2.05) is 42.5 Å². The van der Waals surface area contributed by atoms with Gasteiger partial charge < -0.3 is 5.21 Å². The number of benzene rings is 2. The number of nitrogens with zero attached hydrogens (tertiary/aromatic N) is 2. The van der Waals surface area contributed by atoms with Gasteiger partial charge >= 0.3 is 0 Å². The van der Waals surface area contributed by atoms with Crippen LogP contribution in [-0.2, 0) is 6.42 Å². The van der Waals surface area contributed by atoms with Crippen molar-refractivity contribution in [1.82, 2.24) is 4.98 Å². The minimum Gasteiger partial charge on any atom is -0.411 e. The Balaban J connectivity index is 1.99. The van der Waals surface area contributed by atoms with Crippen molar-refractivity contribution < 1.29 is 5.21 Å². The fraction of sp³-hybridized carbons (Fsp3) is 0.143. The highest BCUT2D eigenvalue weighted by atomic mass is 16.4. The Hall–Kier alpha value is -2.94. The third-order valence-electron chi connectivity index (χ3n) is 4.44. The zero-order valence-electron chi connectivity index (χ0n) is 13.2. The van der Waals surface area contributed by atoms with Crippen molar-refractivity contribution in [2.45, 2.75) is 19.3 Å². The fourth-order valence-electron chi connectivity index (χ4n) is 3.26. The summed E-state index contributed by atoms with van der Waals surface area (Å²) >= 11 is 0. The lowest BCUT2D eigenvalue weighted by molar-refractivity contribution is 0.317. The molecule has 3 heteroatoms. The topological polar surface area (TPSA) is 45.5 Å². The number of aromatic nitrogens is 1. The maximum atomic E-state index is 9.34. The number of hydrogen-bond donors (Lipinski definition) is 1. The number of hydrogen-bond acceptors (Lipinski definition) is 3. The molecular weight excluding hydrogens is 296 g/mol. The van der Waals surface area contributed by atoms with Crippen LogP contribution in [0, 0.1) is 6.07 Å². The smallest absolute Gasteiger partial charge is 0.0886 e. The first kappa shape index (κ1) is 14.6. The quantitative estimate of drug-likeness (QED) is 0.549. The highest BCUT2D eigenvalue weighted by molar-refractivity contribution is 6.03. The van der Waals surface area contributed by atoms with E-state index in [0.29, 0.717) is 0 Å². The normalized spacial score (nSPS) is 15.2. The van der Waals surface area contributed by atoms with E-state index in [-0.39, 0.29) is 0 Å². The Morgan fingerprint density at radius 3 is 2.46 bits per heavy atom. The molecule has 1 aromatic heterocycles. The van der Waals surface area contributed by atoms with Gasteiger partial charge in [0.1, 0.15) is 0 Å². The predicted molar refractivity (Wildman–Crippen MR) is 95.2 cm³/mol. The van der Waals surface area contributed by atoms with E-state index in [4.69, 9.17) is 4.98 Å². The van der Waals surface area contributed by atoms with Crippen LogP contribution in [0.15, 0.2) is 65.8 Å². The Kier molecular flexibility index (Phi) is 3.83. The molecule has 0 aliphatic heterocycles. The van der Waals surface area contributed by atoms with E-state index in [0.717, 1.165) is 58.6 Å². The lowest BCUT2D eigenvalue weighted by Crippen LogP contribution is -2.14. The minimum atomic E-state index is 0.730. The van der Waals surface area contributed by atoms with E-state index in [9.17, 15) is 5.21 Å². The Bertz CT molecular complexity index is 886. The van der Waals surface area contributed by atoms with Crippen LogP contribution in [0.2, 0.25) is 0 Å².